The molecule has 6 heteroatoms. The molecular formula is C13H15N3O2S. The van der Waals surface area contributed by atoms with Gasteiger partial charge in [-0.2, -0.15) is 5.10 Å². The van der Waals surface area contributed by atoms with Gasteiger partial charge in [-0.15, -0.1) is 11.3 Å². The summed E-state index contributed by atoms with van der Waals surface area (Å²) >= 11 is 1.62. The molecule has 2 aromatic heterocycles. The van der Waals surface area contributed by atoms with E-state index >= 15 is 0 Å². The maximum Gasteiger partial charge on any atom is 0.269 e. The second-order valence-electron chi connectivity index (χ2n) is 4.44. The lowest BCUT2D eigenvalue weighted by atomic mass is 10.1. The van der Waals surface area contributed by atoms with Crippen molar-refractivity contribution in [3.63, 3.8) is 0 Å². The molecule has 0 spiro atoms. The van der Waals surface area contributed by atoms with Crippen molar-refractivity contribution in [2.45, 2.75) is 20.3 Å². The smallest absolute Gasteiger partial charge is 0.269 e. The number of H-pyrrole nitrogens is 1. The average Bonchev–Trinajstić information content (AvgIpc) is 2.90. The predicted octanol–water partition coefficient (Wildman–Crippen LogP) is 2.13. The third-order valence-electron chi connectivity index (χ3n) is 3.09. The summed E-state index contributed by atoms with van der Waals surface area (Å²) in [5, 5.41) is 10.9. The van der Waals surface area contributed by atoms with Crippen LogP contribution in [0, 0.1) is 6.92 Å². The molecule has 1 aliphatic rings. The number of hydrogen-bond acceptors (Lipinski definition) is 4. The first-order valence-corrected chi connectivity index (χ1v) is 7.11. The molecule has 1 aliphatic heterocycles. The zero-order valence-corrected chi connectivity index (χ0v) is 11.7. The van der Waals surface area contributed by atoms with Crippen LogP contribution in [-0.2, 0) is 6.42 Å². The average molecular weight is 277 g/mol. The SMILES string of the molecule is CCNC(=O)c1[nH]nc2c1CCOc1sc(C)cc1-2. The Labute approximate surface area is 115 Å². The van der Waals surface area contributed by atoms with Gasteiger partial charge in [0.05, 0.1) is 12.2 Å². The molecule has 0 bridgehead atoms. The normalized spacial score (nSPS) is 13.2. The number of fused-ring (bicyclic) bond motifs is 3. The van der Waals surface area contributed by atoms with Crippen LogP contribution in [0.15, 0.2) is 6.07 Å². The van der Waals surface area contributed by atoms with E-state index in [1.54, 1.807) is 11.3 Å². The second-order valence-corrected chi connectivity index (χ2v) is 5.66. The molecule has 0 saturated carbocycles. The summed E-state index contributed by atoms with van der Waals surface area (Å²) in [6.07, 6.45) is 0.693. The molecule has 19 heavy (non-hydrogen) atoms. The molecule has 100 valence electrons. The van der Waals surface area contributed by atoms with Gasteiger partial charge in [0, 0.05) is 23.4 Å². The first-order valence-electron chi connectivity index (χ1n) is 6.29. The third kappa shape index (κ3) is 2.02. The third-order valence-corrected chi connectivity index (χ3v) is 4.06. The van der Waals surface area contributed by atoms with Gasteiger partial charge in [0.25, 0.3) is 5.91 Å². The molecule has 3 heterocycles. The number of amides is 1. The van der Waals surface area contributed by atoms with Crippen molar-refractivity contribution in [1.82, 2.24) is 15.5 Å². The van der Waals surface area contributed by atoms with E-state index in [-0.39, 0.29) is 5.91 Å². The summed E-state index contributed by atoms with van der Waals surface area (Å²) < 4.78 is 5.74. The van der Waals surface area contributed by atoms with Crippen LogP contribution in [0.25, 0.3) is 11.3 Å². The van der Waals surface area contributed by atoms with Gasteiger partial charge in [0.1, 0.15) is 11.4 Å². The summed E-state index contributed by atoms with van der Waals surface area (Å²) in [7, 11) is 0. The number of carbonyl (C=O) groups is 1. The van der Waals surface area contributed by atoms with Crippen LogP contribution in [0.4, 0.5) is 0 Å². The van der Waals surface area contributed by atoms with E-state index in [0.717, 1.165) is 21.9 Å². The van der Waals surface area contributed by atoms with E-state index in [1.807, 2.05) is 13.8 Å². The Hall–Kier alpha value is -1.82. The maximum atomic E-state index is 12.0. The maximum absolute atomic E-state index is 12.0. The zero-order chi connectivity index (χ0) is 13.4. The van der Waals surface area contributed by atoms with Gasteiger partial charge in [0.15, 0.2) is 5.06 Å². The molecule has 5 nitrogen and oxygen atoms in total. The van der Waals surface area contributed by atoms with Gasteiger partial charge in [-0.1, -0.05) is 0 Å². The summed E-state index contributed by atoms with van der Waals surface area (Å²) in [6.45, 7) is 5.12. The minimum atomic E-state index is -0.105. The number of nitrogens with one attached hydrogen (secondary N) is 2. The molecule has 0 radical (unpaired) electrons. The van der Waals surface area contributed by atoms with Crippen molar-refractivity contribution in [3.8, 4) is 16.3 Å². The lowest BCUT2D eigenvalue weighted by Crippen LogP contribution is -2.24. The van der Waals surface area contributed by atoms with Gasteiger partial charge < -0.3 is 10.1 Å². The number of carbonyl (C=O) groups excluding carboxylic acids is 1. The Balaban J connectivity index is 2.09. The monoisotopic (exact) mass is 277 g/mol. The summed E-state index contributed by atoms with van der Waals surface area (Å²) in [5.74, 6) is -0.105. The molecule has 0 aromatic carbocycles. The Kier molecular flexibility index (Phi) is 3.02. The van der Waals surface area contributed by atoms with Crippen molar-refractivity contribution < 1.29 is 9.53 Å². The van der Waals surface area contributed by atoms with Crippen LogP contribution in [0.3, 0.4) is 0 Å². The molecule has 2 N–H and O–H groups in total. The summed E-state index contributed by atoms with van der Waals surface area (Å²) in [4.78, 5) is 13.2. The van der Waals surface area contributed by atoms with Crippen molar-refractivity contribution in [3.05, 3.63) is 22.2 Å². The number of hydrogen-bond donors (Lipinski definition) is 2. The Morgan fingerprint density at radius 1 is 1.63 bits per heavy atom. The molecule has 0 saturated heterocycles. The minimum Gasteiger partial charge on any atom is -0.483 e. The fourth-order valence-electron chi connectivity index (χ4n) is 2.28. The molecule has 0 aliphatic carbocycles. The minimum absolute atomic E-state index is 0.105. The molecular weight excluding hydrogens is 262 g/mol. The van der Waals surface area contributed by atoms with Crippen LogP contribution in [0.1, 0.15) is 27.9 Å². The summed E-state index contributed by atoms with van der Waals surface area (Å²) in [6, 6.07) is 2.06. The van der Waals surface area contributed by atoms with Crippen molar-refractivity contribution in [1.29, 1.82) is 0 Å². The van der Waals surface area contributed by atoms with E-state index in [2.05, 4.69) is 21.6 Å². The number of ether oxygens (including phenoxy) is 1. The molecule has 0 unspecified atom stereocenters. The van der Waals surface area contributed by atoms with E-state index in [0.29, 0.717) is 25.3 Å². The zero-order valence-electron chi connectivity index (χ0n) is 10.9. The highest BCUT2D eigenvalue weighted by atomic mass is 32.1. The number of nitrogens with zero attached hydrogens (tertiary/aromatic N) is 1. The highest BCUT2D eigenvalue weighted by Gasteiger charge is 2.25. The lowest BCUT2D eigenvalue weighted by Gasteiger charge is -2.03. The van der Waals surface area contributed by atoms with Gasteiger partial charge in [-0.3, -0.25) is 9.89 Å². The number of aryl methyl sites for hydroxylation is 1. The van der Waals surface area contributed by atoms with Crippen molar-refractivity contribution in [2.24, 2.45) is 0 Å². The number of aromatic nitrogens is 2. The van der Waals surface area contributed by atoms with Crippen molar-refractivity contribution in [2.75, 3.05) is 13.2 Å². The molecule has 1 amide bonds. The van der Waals surface area contributed by atoms with Gasteiger partial charge in [0.2, 0.25) is 0 Å². The van der Waals surface area contributed by atoms with E-state index in [4.69, 9.17) is 4.74 Å². The number of aromatic amines is 1. The molecule has 2 aromatic rings. The van der Waals surface area contributed by atoms with Crippen LogP contribution in [0.2, 0.25) is 0 Å². The van der Waals surface area contributed by atoms with Crippen LogP contribution in [0.5, 0.6) is 5.06 Å². The highest BCUT2D eigenvalue weighted by molar-refractivity contribution is 7.14. The standard InChI is InChI=1S/C13H15N3O2S/c1-3-14-12(17)11-8-4-5-18-13-9(6-7(2)19-13)10(8)15-16-11/h6H,3-5H2,1-2H3,(H,14,17)(H,15,16). The predicted molar refractivity (Wildman–Crippen MR) is 73.8 cm³/mol. The first-order chi connectivity index (χ1) is 9.20. The first kappa shape index (κ1) is 12.2. The lowest BCUT2D eigenvalue weighted by molar-refractivity contribution is 0.0950. The Morgan fingerprint density at radius 2 is 2.47 bits per heavy atom. The van der Waals surface area contributed by atoms with Gasteiger partial charge in [-0.05, 0) is 19.9 Å². The summed E-state index contributed by atoms with van der Waals surface area (Å²) in [5.41, 5.74) is 3.33. The quantitative estimate of drug-likeness (QED) is 0.883. The van der Waals surface area contributed by atoms with Crippen LogP contribution >= 0.6 is 11.3 Å². The molecule has 0 atom stereocenters. The second kappa shape index (κ2) is 4.70. The highest BCUT2D eigenvalue weighted by Crippen LogP contribution is 2.41. The topological polar surface area (TPSA) is 67.0 Å². The number of thiophene rings is 1. The number of rotatable bonds is 2. The largest absolute Gasteiger partial charge is 0.483 e. The van der Waals surface area contributed by atoms with E-state index in [1.165, 1.54) is 4.88 Å². The Morgan fingerprint density at radius 3 is 3.26 bits per heavy atom. The molecule has 3 rings (SSSR count). The van der Waals surface area contributed by atoms with Gasteiger partial charge >= 0.3 is 0 Å². The molecule has 0 fully saturated rings. The fraction of sp³-hybridized carbons (Fsp3) is 0.385. The van der Waals surface area contributed by atoms with Crippen LogP contribution < -0.4 is 10.1 Å². The fourth-order valence-corrected chi connectivity index (χ4v) is 3.16. The van der Waals surface area contributed by atoms with Gasteiger partial charge in [-0.25, -0.2) is 0 Å². The van der Waals surface area contributed by atoms with E-state index < -0.39 is 0 Å². The Bertz CT molecular complexity index is 630. The van der Waals surface area contributed by atoms with E-state index in [9.17, 15) is 4.79 Å². The van der Waals surface area contributed by atoms with Crippen LogP contribution in [-0.4, -0.2) is 29.3 Å². The van der Waals surface area contributed by atoms with Crippen molar-refractivity contribution >= 4 is 17.2 Å².